The van der Waals surface area contributed by atoms with Crippen molar-refractivity contribution in [3.05, 3.63) is 193 Å². The minimum atomic E-state index is 0.711. The highest BCUT2D eigenvalue weighted by molar-refractivity contribution is 6.08. The molecule has 0 bridgehead atoms. The van der Waals surface area contributed by atoms with E-state index in [1.807, 2.05) is 18.2 Å². The highest BCUT2D eigenvalue weighted by atomic mass is 14.9. The molecule has 8 aromatic rings. The minimum absolute atomic E-state index is 0.711. The SMILES string of the molecule is C1=Cc2ccc3c(-c4cc(-c5ccccc5)cc(-c5cc(-c6ccc(-c7ccccc7)cc6)nc(-c6ccccc6)n5)c4)ccc4c3c2C(=CC4)C1. The second kappa shape index (κ2) is 12.6. The Kier molecular flexibility index (Phi) is 7.32. The van der Waals surface area contributed by atoms with Gasteiger partial charge in [0.15, 0.2) is 5.82 Å². The van der Waals surface area contributed by atoms with E-state index in [-0.39, 0.29) is 0 Å². The second-order valence-electron chi connectivity index (χ2n) is 13.7. The molecule has 0 saturated heterocycles. The molecule has 1 aromatic heterocycles. The number of nitrogens with zero attached hydrogens (tertiary/aromatic N) is 2. The van der Waals surface area contributed by atoms with Crippen LogP contribution in [0, 0.1) is 0 Å². The lowest BCUT2D eigenvalue weighted by Gasteiger charge is -2.24. The topological polar surface area (TPSA) is 25.8 Å². The lowest BCUT2D eigenvalue weighted by Crippen LogP contribution is -2.03. The first-order chi connectivity index (χ1) is 25.7. The monoisotopic (exact) mass is 662 g/mol. The highest BCUT2D eigenvalue weighted by Gasteiger charge is 2.22. The van der Waals surface area contributed by atoms with Gasteiger partial charge in [-0.2, -0.15) is 0 Å². The molecule has 0 fully saturated rings. The fourth-order valence-corrected chi connectivity index (χ4v) is 7.93. The Morgan fingerprint density at radius 3 is 1.75 bits per heavy atom. The zero-order valence-electron chi connectivity index (χ0n) is 28.6. The number of hydrogen-bond donors (Lipinski definition) is 0. The number of aromatic nitrogens is 2. The van der Waals surface area contributed by atoms with Crippen LogP contribution in [0.3, 0.4) is 0 Å². The summed E-state index contributed by atoms with van der Waals surface area (Å²) in [5.41, 5.74) is 17.6. The lowest BCUT2D eigenvalue weighted by molar-refractivity contribution is 1.18. The normalized spacial score (nSPS) is 12.9. The summed E-state index contributed by atoms with van der Waals surface area (Å²) < 4.78 is 0. The van der Waals surface area contributed by atoms with Crippen molar-refractivity contribution in [2.75, 3.05) is 0 Å². The van der Waals surface area contributed by atoms with Crippen LogP contribution in [0.4, 0.5) is 0 Å². The van der Waals surface area contributed by atoms with Crippen LogP contribution >= 0.6 is 0 Å². The molecule has 0 radical (unpaired) electrons. The van der Waals surface area contributed by atoms with Gasteiger partial charge in [0.2, 0.25) is 0 Å². The molecule has 0 amide bonds. The van der Waals surface area contributed by atoms with E-state index in [9.17, 15) is 0 Å². The number of hydrogen-bond acceptors (Lipinski definition) is 2. The molecule has 0 unspecified atom stereocenters. The molecule has 52 heavy (non-hydrogen) atoms. The van der Waals surface area contributed by atoms with E-state index in [4.69, 9.17) is 9.97 Å². The van der Waals surface area contributed by atoms with Crippen molar-refractivity contribution in [2.24, 2.45) is 0 Å². The van der Waals surface area contributed by atoms with E-state index < -0.39 is 0 Å². The Labute approximate surface area is 304 Å². The summed E-state index contributed by atoms with van der Waals surface area (Å²) in [5.74, 6) is 0.711. The highest BCUT2D eigenvalue weighted by Crippen LogP contribution is 2.44. The summed E-state index contributed by atoms with van der Waals surface area (Å²) in [6.07, 6.45) is 8.97. The zero-order chi connectivity index (χ0) is 34.4. The Morgan fingerprint density at radius 2 is 1.02 bits per heavy atom. The Bertz CT molecular complexity index is 2690. The number of benzene rings is 7. The predicted molar refractivity (Wildman–Crippen MR) is 217 cm³/mol. The van der Waals surface area contributed by atoms with Crippen LogP contribution in [-0.2, 0) is 6.42 Å². The summed E-state index contributed by atoms with van der Waals surface area (Å²) in [4.78, 5) is 10.4. The lowest BCUT2D eigenvalue weighted by atomic mass is 9.79. The van der Waals surface area contributed by atoms with Gasteiger partial charge in [0, 0.05) is 16.7 Å². The molecule has 10 rings (SSSR count). The average Bonchev–Trinajstić information content (AvgIpc) is 3.23. The van der Waals surface area contributed by atoms with Crippen LogP contribution in [0.15, 0.2) is 176 Å². The van der Waals surface area contributed by atoms with Crippen LogP contribution in [0.1, 0.15) is 23.1 Å². The summed E-state index contributed by atoms with van der Waals surface area (Å²) in [6.45, 7) is 0. The molecule has 244 valence electrons. The maximum atomic E-state index is 5.26. The minimum Gasteiger partial charge on any atom is -0.228 e. The van der Waals surface area contributed by atoms with Gasteiger partial charge in [-0.1, -0.05) is 158 Å². The van der Waals surface area contributed by atoms with Crippen LogP contribution in [-0.4, -0.2) is 9.97 Å². The van der Waals surface area contributed by atoms with Crippen LogP contribution in [0.5, 0.6) is 0 Å². The van der Waals surface area contributed by atoms with Gasteiger partial charge >= 0.3 is 0 Å². The quantitative estimate of drug-likeness (QED) is 0.177. The summed E-state index contributed by atoms with van der Waals surface area (Å²) in [6, 6.07) is 58.6. The van der Waals surface area contributed by atoms with Gasteiger partial charge in [-0.05, 0) is 104 Å². The maximum Gasteiger partial charge on any atom is 0.160 e. The Hall–Kier alpha value is -6.64. The molecule has 0 spiro atoms. The van der Waals surface area contributed by atoms with Crippen molar-refractivity contribution in [2.45, 2.75) is 12.8 Å². The molecule has 0 N–H and O–H groups in total. The van der Waals surface area contributed by atoms with E-state index in [1.54, 1.807) is 0 Å². The maximum absolute atomic E-state index is 5.26. The number of allylic oxidation sites excluding steroid dienone is 3. The second-order valence-corrected chi connectivity index (χ2v) is 13.7. The third kappa shape index (κ3) is 5.37. The van der Waals surface area contributed by atoms with E-state index in [1.165, 1.54) is 60.9 Å². The van der Waals surface area contributed by atoms with Crippen molar-refractivity contribution in [3.63, 3.8) is 0 Å². The van der Waals surface area contributed by atoms with Gasteiger partial charge in [-0.25, -0.2) is 9.97 Å². The largest absolute Gasteiger partial charge is 0.228 e. The van der Waals surface area contributed by atoms with E-state index in [0.717, 1.165) is 46.5 Å². The van der Waals surface area contributed by atoms with E-state index in [0.29, 0.717) is 5.82 Å². The first-order valence-electron chi connectivity index (χ1n) is 18.0. The first-order valence-corrected chi connectivity index (χ1v) is 18.0. The van der Waals surface area contributed by atoms with Gasteiger partial charge in [0.25, 0.3) is 0 Å². The van der Waals surface area contributed by atoms with Crippen molar-refractivity contribution in [3.8, 4) is 67.3 Å². The van der Waals surface area contributed by atoms with Crippen molar-refractivity contribution in [1.82, 2.24) is 9.97 Å². The molecule has 0 aliphatic heterocycles. The van der Waals surface area contributed by atoms with Crippen LogP contribution < -0.4 is 0 Å². The molecular formula is C50H34N2. The van der Waals surface area contributed by atoms with Gasteiger partial charge in [-0.15, -0.1) is 0 Å². The van der Waals surface area contributed by atoms with Crippen LogP contribution in [0.2, 0.25) is 0 Å². The van der Waals surface area contributed by atoms with Gasteiger partial charge in [-0.3, -0.25) is 0 Å². The first kappa shape index (κ1) is 30.2. The Morgan fingerprint density at radius 1 is 0.423 bits per heavy atom. The molecule has 2 heteroatoms. The summed E-state index contributed by atoms with van der Waals surface area (Å²) >= 11 is 0. The number of rotatable bonds is 6. The molecule has 2 aliphatic rings. The van der Waals surface area contributed by atoms with Crippen molar-refractivity contribution in [1.29, 1.82) is 0 Å². The third-order valence-electron chi connectivity index (χ3n) is 10.5. The molecule has 2 nitrogen and oxygen atoms in total. The molecule has 7 aromatic carbocycles. The Balaban J connectivity index is 1.17. The van der Waals surface area contributed by atoms with Crippen molar-refractivity contribution >= 4 is 22.4 Å². The van der Waals surface area contributed by atoms with Gasteiger partial charge in [0.05, 0.1) is 11.4 Å². The third-order valence-corrected chi connectivity index (χ3v) is 10.5. The summed E-state index contributed by atoms with van der Waals surface area (Å²) in [7, 11) is 0. The zero-order valence-corrected chi connectivity index (χ0v) is 28.6. The molecule has 0 atom stereocenters. The molecule has 2 aliphatic carbocycles. The van der Waals surface area contributed by atoms with E-state index in [2.05, 4.69) is 164 Å². The van der Waals surface area contributed by atoms with Crippen molar-refractivity contribution < 1.29 is 0 Å². The molecular weight excluding hydrogens is 629 g/mol. The van der Waals surface area contributed by atoms with E-state index >= 15 is 0 Å². The summed E-state index contributed by atoms with van der Waals surface area (Å²) in [5, 5.41) is 2.71. The van der Waals surface area contributed by atoms with Gasteiger partial charge < -0.3 is 0 Å². The fraction of sp³-hybridized carbons (Fsp3) is 0.0400. The smallest absolute Gasteiger partial charge is 0.160 e. The molecule has 0 saturated carbocycles. The predicted octanol–water partition coefficient (Wildman–Crippen LogP) is 13.0. The molecule has 1 heterocycles. The van der Waals surface area contributed by atoms with Gasteiger partial charge in [0.1, 0.15) is 0 Å². The fourth-order valence-electron chi connectivity index (χ4n) is 7.93. The van der Waals surface area contributed by atoms with Crippen LogP contribution in [0.25, 0.3) is 89.7 Å². The standard InChI is InChI=1S/C50H34N2/c1-4-11-33(12-5-1)35-19-21-36(22-20-35)46-32-47(52-50(51-46)40-15-8-3-9-16-40)43-30-41(34-13-6-2-7-14-34)29-42(31-43)44-27-25-39-24-23-37-17-10-18-38-26-28-45(44)49(39)48(37)38/h1-16,18-23,25-32H,17,24H2. The average molecular weight is 663 g/mol.